The van der Waals surface area contributed by atoms with Crippen LogP contribution in [-0.2, 0) is 4.79 Å². The molecule has 0 radical (unpaired) electrons. The third-order valence-electron chi connectivity index (χ3n) is 5.67. The molecule has 0 spiro atoms. The summed E-state index contributed by atoms with van der Waals surface area (Å²) in [5.41, 5.74) is 3.86. The Labute approximate surface area is 184 Å². The minimum Gasteiger partial charge on any atom is -0.481 e. The van der Waals surface area contributed by atoms with E-state index in [1.54, 1.807) is 12.4 Å². The number of benzene rings is 1. The normalized spacial score (nSPS) is 14.4. The zero-order valence-electron chi connectivity index (χ0n) is 19.0. The molecule has 3 rings (SSSR count). The number of nitrogens with one attached hydrogen (secondary N) is 1. The number of nitrogens with zero attached hydrogens (tertiary/aromatic N) is 3. The van der Waals surface area contributed by atoms with Gasteiger partial charge in [0.05, 0.1) is 42.5 Å². The summed E-state index contributed by atoms with van der Waals surface area (Å²) in [4.78, 5) is 22.3. The lowest BCUT2D eigenvalue weighted by atomic mass is 9.92. The topological polar surface area (TPSA) is 87.6 Å². The fourth-order valence-corrected chi connectivity index (χ4v) is 3.77. The van der Waals surface area contributed by atoms with Gasteiger partial charge in [-0.05, 0) is 69.6 Å². The van der Waals surface area contributed by atoms with Crippen LogP contribution in [0.25, 0.3) is 0 Å². The average Bonchev–Trinajstić information content (AvgIpc) is 3.56. The molecule has 0 amide bonds. The van der Waals surface area contributed by atoms with E-state index in [4.69, 9.17) is 4.74 Å². The lowest BCUT2D eigenvalue weighted by Gasteiger charge is -2.32. The van der Waals surface area contributed by atoms with E-state index in [0.29, 0.717) is 18.7 Å². The second-order valence-electron chi connectivity index (χ2n) is 8.48. The highest BCUT2D eigenvalue weighted by Gasteiger charge is 2.27. The first-order valence-corrected chi connectivity index (χ1v) is 11.2. The lowest BCUT2D eigenvalue weighted by molar-refractivity contribution is -0.137. The fraction of sp³-hybridized carbons (Fsp3) is 0.542. The van der Waals surface area contributed by atoms with Crippen molar-refractivity contribution >= 4 is 23.0 Å². The summed E-state index contributed by atoms with van der Waals surface area (Å²) in [6, 6.07) is 7.00. The van der Waals surface area contributed by atoms with E-state index in [1.807, 2.05) is 13.8 Å². The van der Waals surface area contributed by atoms with Gasteiger partial charge in [0.1, 0.15) is 0 Å². The molecule has 1 aliphatic rings. The summed E-state index contributed by atoms with van der Waals surface area (Å²) < 4.78 is 5.34. The number of ether oxygens (including phenoxy) is 1. The Balaban J connectivity index is 1.95. The number of rotatable bonds is 12. The Morgan fingerprint density at radius 2 is 1.97 bits per heavy atom. The van der Waals surface area contributed by atoms with Crippen LogP contribution in [0, 0.1) is 5.92 Å². The maximum atomic E-state index is 11.3. The summed E-state index contributed by atoms with van der Waals surface area (Å²) in [6.45, 7) is 9.89. The second kappa shape index (κ2) is 10.5. The van der Waals surface area contributed by atoms with Crippen molar-refractivity contribution in [3.63, 3.8) is 0 Å². The highest BCUT2D eigenvalue weighted by Crippen LogP contribution is 2.38. The molecule has 7 heteroatoms. The first-order chi connectivity index (χ1) is 14.9. The standard InChI is InChI=1S/C24H34N4O3/c1-5-18(12-23(29)30)19-9-10-22(28(16(3)4)15-17-7-8-17)21(11-19)27-20-13-25-24(26-14-20)31-6-2/h9-11,13-14,16-18,27H,5-8,12,15H2,1-4H3,(H,29,30). The predicted molar refractivity (Wildman–Crippen MR) is 123 cm³/mol. The third-order valence-corrected chi connectivity index (χ3v) is 5.67. The molecule has 1 saturated carbocycles. The molecule has 1 aliphatic carbocycles. The van der Waals surface area contributed by atoms with Gasteiger partial charge in [-0.15, -0.1) is 0 Å². The Kier molecular flexibility index (Phi) is 7.71. The number of anilines is 3. The maximum absolute atomic E-state index is 11.3. The summed E-state index contributed by atoms with van der Waals surface area (Å²) in [5, 5.41) is 12.8. The van der Waals surface area contributed by atoms with E-state index in [9.17, 15) is 9.90 Å². The van der Waals surface area contributed by atoms with Gasteiger partial charge in [0, 0.05) is 12.6 Å². The Morgan fingerprint density at radius 3 is 2.52 bits per heavy atom. The SMILES string of the molecule is CCOc1ncc(Nc2cc(C(CC)CC(=O)O)ccc2N(CC2CC2)C(C)C)cn1. The van der Waals surface area contributed by atoms with Crippen molar-refractivity contribution in [3.05, 3.63) is 36.2 Å². The van der Waals surface area contributed by atoms with Crippen molar-refractivity contribution in [2.24, 2.45) is 5.92 Å². The van der Waals surface area contributed by atoms with Crippen LogP contribution in [-0.4, -0.2) is 40.2 Å². The molecule has 1 unspecified atom stereocenters. The Morgan fingerprint density at radius 1 is 1.26 bits per heavy atom. The van der Waals surface area contributed by atoms with Crippen LogP contribution in [0.1, 0.15) is 64.9 Å². The van der Waals surface area contributed by atoms with Gasteiger partial charge in [-0.2, -0.15) is 0 Å². The summed E-state index contributed by atoms with van der Waals surface area (Å²) >= 11 is 0. The molecule has 0 bridgehead atoms. The molecule has 1 fully saturated rings. The van der Waals surface area contributed by atoms with Gasteiger partial charge in [0.25, 0.3) is 0 Å². The largest absolute Gasteiger partial charge is 0.481 e. The Bertz CT molecular complexity index is 866. The molecule has 1 atom stereocenters. The zero-order chi connectivity index (χ0) is 22.4. The molecule has 0 saturated heterocycles. The summed E-state index contributed by atoms with van der Waals surface area (Å²) in [7, 11) is 0. The van der Waals surface area contributed by atoms with Gasteiger partial charge < -0.3 is 20.1 Å². The van der Waals surface area contributed by atoms with Crippen molar-refractivity contribution in [1.82, 2.24) is 9.97 Å². The van der Waals surface area contributed by atoms with Crippen LogP contribution >= 0.6 is 0 Å². The molecule has 31 heavy (non-hydrogen) atoms. The number of hydrogen-bond acceptors (Lipinski definition) is 6. The van der Waals surface area contributed by atoms with Gasteiger partial charge in [0.15, 0.2) is 0 Å². The highest BCUT2D eigenvalue weighted by atomic mass is 16.5. The monoisotopic (exact) mass is 426 g/mol. The minimum absolute atomic E-state index is 0.0281. The highest BCUT2D eigenvalue weighted by molar-refractivity contribution is 5.77. The zero-order valence-corrected chi connectivity index (χ0v) is 19.0. The van der Waals surface area contributed by atoms with Crippen molar-refractivity contribution in [2.45, 2.75) is 65.3 Å². The predicted octanol–water partition coefficient (Wildman–Crippen LogP) is 5.21. The fourth-order valence-electron chi connectivity index (χ4n) is 3.77. The van der Waals surface area contributed by atoms with Crippen LogP contribution in [0.3, 0.4) is 0 Å². The number of carboxylic acid groups (broad SMARTS) is 1. The van der Waals surface area contributed by atoms with Crippen molar-refractivity contribution in [2.75, 3.05) is 23.4 Å². The first-order valence-electron chi connectivity index (χ1n) is 11.2. The van der Waals surface area contributed by atoms with Crippen molar-refractivity contribution < 1.29 is 14.6 Å². The quantitative estimate of drug-likeness (QED) is 0.481. The second-order valence-corrected chi connectivity index (χ2v) is 8.48. The van der Waals surface area contributed by atoms with Crippen LogP contribution in [0.5, 0.6) is 6.01 Å². The number of carboxylic acids is 1. The summed E-state index contributed by atoms with van der Waals surface area (Å²) in [5.74, 6) is -0.0540. The number of aromatic nitrogens is 2. The molecule has 1 aromatic carbocycles. The molecular weight excluding hydrogens is 392 g/mol. The third kappa shape index (κ3) is 6.32. The van der Waals surface area contributed by atoms with E-state index in [-0.39, 0.29) is 12.3 Å². The first kappa shape index (κ1) is 22.8. The molecule has 168 valence electrons. The number of carbonyl (C=O) groups is 1. The van der Waals surface area contributed by atoms with Gasteiger partial charge >= 0.3 is 12.0 Å². The minimum atomic E-state index is -0.775. The lowest BCUT2D eigenvalue weighted by Crippen LogP contribution is -2.33. The van der Waals surface area contributed by atoms with Crippen molar-refractivity contribution in [3.8, 4) is 6.01 Å². The van der Waals surface area contributed by atoms with Crippen LogP contribution in [0.4, 0.5) is 17.1 Å². The van der Waals surface area contributed by atoms with E-state index in [1.165, 1.54) is 12.8 Å². The van der Waals surface area contributed by atoms with Crippen molar-refractivity contribution in [1.29, 1.82) is 0 Å². The van der Waals surface area contributed by atoms with E-state index < -0.39 is 5.97 Å². The molecule has 1 aromatic heterocycles. The van der Waals surface area contributed by atoms with E-state index in [2.05, 4.69) is 52.2 Å². The van der Waals surface area contributed by atoms with Crippen LogP contribution < -0.4 is 15.0 Å². The molecule has 2 N–H and O–H groups in total. The van der Waals surface area contributed by atoms with Gasteiger partial charge in [-0.25, -0.2) is 9.97 Å². The molecule has 1 heterocycles. The molecular formula is C24H34N4O3. The number of aliphatic carboxylic acids is 1. The van der Waals surface area contributed by atoms with Gasteiger partial charge in [-0.1, -0.05) is 13.0 Å². The van der Waals surface area contributed by atoms with E-state index >= 15 is 0 Å². The van der Waals surface area contributed by atoms with Gasteiger partial charge in [0.2, 0.25) is 0 Å². The number of hydrogen-bond donors (Lipinski definition) is 2. The maximum Gasteiger partial charge on any atom is 0.316 e. The summed E-state index contributed by atoms with van der Waals surface area (Å²) in [6.07, 6.45) is 6.89. The molecule has 7 nitrogen and oxygen atoms in total. The Hall–Kier alpha value is -2.83. The van der Waals surface area contributed by atoms with Crippen LogP contribution in [0.2, 0.25) is 0 Å². The van der Waals surface area contributed by atoms with Gasteiger partial charge in [-0.3, -0.25) is 4.79 Å². The van der Waals surface area contributed by atoms with Crippen LogP contribution in [0.15, 0.2) is 30.6 Å². The average molecular weight is 427 g/mol. The van der Waals surface area contributed by atoms with E-state index in [0.717, 1.165) is 41.5 Å². The molecule has 2 aromatic rings. The molecule has 0 aliphatic heterocycles. The smallest absolute Gasteiger partial charge is 0.316 e.